The van der Waals surface area contributed by atoms with Crippen LogP contribution in [0.3, 0.4) is 0 Å². The number of amides is 2. The fraction of sp³-hybridized carbons (Fsp3) is 0.538. The third-order valence-corrected chi connectivity index (χ3v) is 4.61. The molecular formula is C13H18N2O2S2. The normalized spacial score (nSPS) is 19.4. The maximum atomic E-state index is 12.1. The van der Waals surface area contributed by atoms with Gasteiger partial charge < -0.3 is 10.6 Å². The molecule has 0 fully saturated rings. The summed E-state index contributed by atoms with van der Waals surface area (Å²) in [5, 5.41) is 7.70. The molecule has 1 heterocycles. The number of thiol groups is 1. The van der Waals surface area contributed by atoms with Crippen LogP contribution in [0.4, 0.5) is 0 Å². The van der Waals surface area contributed by atoms with E-state index in [4.69, 9.17) is 0 Å². The van der Waals surface area contributed by atoms with Crippen LogP contribution in [0.2, 0.25) is 0 Å². The third kappa shape index (κ3) is 3.51. The van der Waals surface area contributed by atoms with Gasteiger partial charge in [0.2, 0.25) is 11.8 Å². The lowest BCUT2D eigenvalue weighted by Crippen LogP contribution is -2.48. The second-order valence-electron chi connectivity index (χ2n) is 4.69. The predicted octanol–water partition coefficient (Wildman–Crippen LogP) is 1.68. The standard InChI is InChI=1S/C13H18N2O2S2/c1-8(16)14-11(7-18)13(17)15-10-3-2-4-12-9(10)5-6-19-12/h5-6,10-11,18H,2-4,7H2,1H3,(H,14,16)(H,15,17). The molecule has 104 valence electrons. The van der Waals surface area contributed by atoms with E-state index in [0.717, 1.165) is 19.3 Å². The number of hydrogen-bond acceptors (Lipinski definition) is 4. The van der Waals surface area contributed by atoms with Gasteiger partial charge in [-0.2, -0.15) is 12.6 Å². The van der Waals surface area contributed by atoms with Crippen LogP contribution in [0, 0.1) is 0 Å². The van der Waals surface area contributed by atoms with Gasteiger partial charge in [-0.3, -0.25) is 9.59 Å². The zero-order chi connectivity index (χ0) is 13.8. The Labute approximate surface area is 122 Å². The average molecular weight is 298 g/mol. The molecule has 1 aromatic rings. The van der Waals surface area contributed by atoms with Gasteiger partial charge in [0.05, 0.1) is 6.04 Å². The van der Waals surface area contributed by atoms with E-state index in [-0.39, 0.29) is 17.9 Å². The van der Waals surface area contributed by atoms with Crippen molar-refractivity contribution in [3.05, 3.63) is 21.9 Å². The first-order valence-electron chi connectivity index (χ1n) is 6.36. The molecule has 2 unspecified atom stereocenters. The van der Waals surface area contributed by atoms with Crippen LogP contribution in [0.1, 0.15) is 36.2 Å². The van der Waals surface area contributed by atoms with Crippen molar-refractivity contribution in [3.63, 3.8) is 0 Å². The first-order valence-corrected chi connectivity index (χ1v) is 7.87. The molecule has 1 aromatic heterocycles. The van der Waals surface area contributed by atoms with Crippen LogP contribution in [-0.4, -0.2) is 23.6 Å². The van der Waals surface area contributed by atoms with E-state index >= 15 is 0 Å². The Hall–Kier alpha value is -1.01. The van der Waals surface area contributed by atoms with E-state index in [1.807, 2.05) is 0 Å². The molecule has 0 saturated carbocycles. The molecule has 0 saturated heterocycles. The number of carbonyl (C=O) groups excluding carboxylic acids is 2. The Morgan fingerprint density at radius 1 is 1.58 bits per heavy atom. The summed E-state index contributed by atoms with van der Waals surface area (Å²) in [7, 11) is 0. The third-order valence-electron chi connectivity index (χ3n) is 3.24. The maximum Gasteiger partial charge on any atom is 0.243 e. The molecule has 2 N–H and O–H groups in total. The maximum absolute atomic E-state index is 12.1. The van der Waals surface area contributed by atoms with Gasteiger partial charge in [-0.25, -0.2) is 0 Å². The summed E-state index contributed by atoms with van der Waals surface area (Å²) in [6.07, 6.45) is 3.14. The molecule has 1 aliphatic rings. The molecule has 4 nitrogen and oxygen atoms in total. The van der Waals surface area contributed by atoms with Gasteiger partial charge in [0.25, 0.3) is 0 Å². The molecule has 0 bridgehead atoms. The van der Waals surface area contributed by atoms with Crippen molar-refractivity contribution in [2.75, 3.05) is 5.75 Å². The highest BCUT2D eigenvalue weighted by molar-refractivity contribution is 7.80. The minimum absolute atomic E-state index is 0.0682. The van der Waals surface area contributed by atoms with Gasteiger partial charge in [0, 0.05) is 17.6 Å². The SMILES string of the molecule is CC(=O)NC(CS)C(=O)NC1CCCc2sccc21. The van der Waals surface area contributed by atoms with Gasteiger partial charge in [-0.15, -0.1) is 11.3 Å². The first-order chi connectivity index (χ1) is 9.11. The van der Waals surface area contributed by atoms with E-state index in [1.54, 1.807) is 11.3 Å². The van der Waals surface area contributed by atoms with Gasteiger partial charge in [-0.1, -0.05) is 0 Å². The number of hydrogen-bond donors (Lipinski definition) is 3. The Kier molecular flexibility index (Phi) is 4.87. The lowest BCUT2D eigenvalue weighted by Gasteiger charge is -2.26. The summed E-state index contributed by atoms with van der Waals surface area (Å²) in [6, 6.07) is 1.58. The van der Waals surface area contributed by atoms with Crippen molar-refractivity contribution in [3.8, 4) is 0 Å². The van der Waals surface area contributed by atoms with Crippen molar-refractivity contribution >= 4 is 35.8 Å². The minimum atomic E-state index is -0.565. The highest BCUT2D eigenvalue weighted by atomic mass is 32.1. The van der Waals surface area contributed by atoms with Crippen LogP contribution in [0.15, 0.2) is 11.4 Å². The molecule has 2 atom stereocenters. The smallest absolute Gasteiger partial charge is 0.243 e. The fourth-order valence-corrected chi connectivity index (χ4v) is 3.59. The second-order valence-corrected chi connectivity index (χ2v) is 6.05. The van der Waals surface area contributed by atoms with Crippen LogP contribution < -0.4 is 10.6 Å². The molecule has 2 rings (SSSR count). The van der Waals surface area contributed by atoms with E-state index in [1.165, 1.54) is 17.4 Å². The zero-order valence-electron chi connectivity index (χ0n) is 10.8. The predicted molar refractivity (Wildman–Crippen MR) is 79.6 cm³/mol. The summed E-state index contributed by atoms with van der Waals surface area (Å²) in [5.41, 5.74) is 1.23. The molecular weight excluding hydrogens is 280 g/mol. The van der Waals surface area contributed by atoms with E-state index in [0.29, 0.717) is 5.75 Å². The second kappa shape index (κ2) is 6.43. The first kappa shape index (κ1) is 14.4. The number of aryl methyl sites for hydroxylation is 1. The molecule has 0 spiro atoms. The van der Waals surface area contributed by atoms with E-state index < -0.39 is 6.04 Å². The molecule has 6 heteroatoms. The molecule has 19 heavy (non-hydrogen) atoms. The van der Waals surface area contributed by atoms with Crippen LogP contribution in [0.5, 0.6) is 0 Å². The van der Waals surface area contributed by atoms with E-state index in [2.05, 4.69) is 34.7 Å². The van der Waals surface area contributed by atoms with Crippen molar-refractivity contribution in [1.29, 1.82) is 0 Å². The van der Waals surface area contributed by atoms with Crippen LogP contribution >= 0.6 is 24.0 Å². The van der Waals surface area contributed by atoms with Crippen molar-refractivity contribution in [2.24, 2.45) is 0 Å². The van der Waals surface area contributed by atoms with Gasteiger partial charge in [0.15, 0.2) is 0 Å². The number of rotatable bonds is 4. The van der Waals surface area contributed by atoms with Crippen molar-refractivity contribution in [2.45, 2.75) is 38.3 Å². The molecule has 0 radical (unpaired) electrons. The fourth-order valence-electron chi connectivity index (χ4n) is 2.35. The number of carbonyl (C=O) groups is 2. The van der Waals surface area contributed by atoms with Gasteiger partial charge >= 0.3 is 0 Å². The highest BCUT2D eigenvalue weighted by Gasteiger charge is 2.25. The number of nitrogens with one attached hydrogen (secondary N) is 2. The minimum Gasteiger partial charge on any atom is -0.347 e. The van der Waals surface area contributed by atoms with E-state index in [9.17, 15) is 9.59 Å². The topological polar surface area (TPSA) is 58.2 Å². The molecule has 2 amide bonds. The Morgan fingerprint density at radius 3 is 3.05 bits per heavy atom. The van der Waals surface area contributed by atoms with Gasteiger partial charge in [0.1, 0.15) is 6.04 Å². The van der Waals surface area contributed by atoms with Crippen molar-refractivity contribution in [1.82, 2.24) is 10.6 Å². The Bertz CT molecular complexity index is 473. The monoisotopic (exact) mass is 298 g/mol. The zero-order valence-corrected chi connectivity index (χ0v) is 12.5. The number of thiophene rings is 1. The highest BCUT2D eigenvalue weighted by Crippen LogP contribution is 2.33. The van der Waals surface area contributed by atoms with Crippen molar-refractivity contribution < 1.29 is 9.59 Å². The van der Waals surface area contributed by atoms with Crippen LogP contribution in [0.25, 0.3) is 0 Å². The Balaban J connectivity index is 2.02. The lowest BCUT2D eigenvalue weighted by molar-refractivity contribution is -0.128. The molecule has 0 aliphatic heterocycles. The van der Waals surface area contributed by atoms with Crippen LogP contribution in [-0.2, 0) is 16.0 Å². The number of fused-ring (bicyclic) bond motifs is 1. The summed E-state index contributed by atoms with van der Waals surface area (Å²) < 4.78 is 0. The lowest BCUT2D eigenvalue weighted by atomic mass is 9.94. The van der Waals surface area contributed by atoms with Gasteiger partial charge in [-0.05, 0) is 36.3 Å². The summed E-state index contributed by atoms with van der Waals surface area (Å²) in [6.45, 7) is 1.40. The largest absolute Gasteiger partial charge is 0.347 e. The molecule has 1 aliphatic carbocycles. The Morgan fingerprint density at radius 2 is 2.37 bits per heavy atom. The average Bonchev–Trinajstić information content (AvgIpc) is 2.84. The summed E-state index contributed by atoms with van der Waals surface area (Å²) in [4.78, 5) is 24.5. The quantitative estimate of drug-likeness (QED) is 0.741. The summed E-state index contributed by atoms with van der Waals surface area (Å²) in [5.74, 6) is -0.0717. The molecule has 0 aromatic carbocycles. The summed E-state index contributed by atoms with van der Waals surface area (Å²) >= 11 is 5.86.